The topological polar surface area (TPSA) is 58.6 Å². The summed E-state index contributed by atoms with van der Waals surface area (Å²) in [5, 5.41) is 2.88. The summed E-state index contributed by atoms with van der Waals surface area (Å²) in [5.41, 5.74) is 1.83. The number of anilines is 2. The lowest BCUT2D eigenvalue weighted by Gasteiger charge is -2.16. The highest BCUT2D eigenvalue weighted by molar-refractivity contribution is 6.06. The molecule has 138 valence electrons. The van der Waals surface area contributed by atoms with Crippen molar-refractivity contribution >= 4 is 23.2 Å². The molecule has 0 atom stereocenters. The lowest BCUT2D eigenvalue weighted by atomic mass is 10.1. The van der Waals surface area contributed by atoms with Crippen LogP contribution in [0.3, 0.4) is 0 Å². The molecule has 0 bridgehead atoms. The molecule has 0 aliphatic carbocycles. The van der Waals surface area contributed by atoms with Gasteiger partial charge in [0, 0.05) is 25.3 Å². The molecule has 2 aromatic rings. The summed E-state index contributed by atoms with van der Waals surface area (Å²) in [6.45, 7) is 6.33. The lowest BCUT2D eigenvalue weighted by molar-refractivity contribution is -0.116. The summed E-state index contributed by atoms with van der Waals surface area (Å²) in [6, 6.07) is 14.4. The van der Waals surface area contributed by atoms with Crippen molar-refractivity contribution in [2.45, 2.75) is 27.2 Å². The highest BCUT2D eigenvalue weighted by Crippen LogP contribution is 2.23. The van der Waals surface area contributed by atoms with Crippen LogP contribution in [0, 0.1) is 5.92 Å². The molecule has 1 N–H and O–H groups in total. The van der Waals surface area contributed by atoms with Gasteiger partial charge in [-0.1, -0.05) is 32.0 Å². The number of ether oxygens (including phenoxy) is 1. The van der Waals surface area contributed by atoms with Gasteiger partial charge in [-0.3, -0.25) is 9.59 Å². The smallest absolute Gasteiger partial charge is 0.259 e. The molecule has 5 heteroatoms. The van der Waals surface area contributed by atoms with Crippen LogP contribution in [-0.4, -0.2) is 25.5 Å². The lowest BCUT2D eigenvalue weighted by Crippen LogP contribution is -2.23. The Morgan fingerprint density at radius 2 is 1.85 bits per heavy atom. The second-order valence-corrected chi connectivity index (χ2v) is 6.61. The molecule has 2 rings (SSSR count). The number of para-hydroxylation sites is 1. The Morgan fingerprint density at radius 1 is 1.12 bits per heavy atom. The van der Waals surface area contributed by atoms with Crippen LogP contribution in [0.25, 0.3) is 0 Å². The van der Waals surface area contributed by atoms with Crippen molar-refractivity contribution in [2.24, 2.45) is 5.92 Å². The highest BCUT2D eigenvalue weighted by Gasteiger charge is 2.13. The van der Waals surface area contributed by atoms with Crippen LogP contribution in [0.2, 0.25) is 0 Å². The van der Waals surface area contributed by atoms with Gasteiger partial charge in [0.25, 0.3) is 5.91 Å². The Labute approximate surface area is 155 Å². The van der Waals surface area contributed by atoms with Gasteiger partial charge < -0.3 is 15.0 Å². The summed E-state index contributed by atoms with van der Waals surface area (Å²) in [5.74, 6) is 0.796. The normalized spacial score (nSPS) is 10.5. The van der Waals surface area contributed by atoms with E-state index in [4.69, 9.17) is 4.74 Å². The van der Waals surface area contributed by atoms with Crippen molar-refractivity contribution in [1.82, 2.24) is 0 Å². The largest absolute Gasteiger partial charge is 0.493 e. The van der Waals surface area contributed by atoms with E-state index in [1.54, 1.807) is 37.4 Å². The van der Waals surface area contributed by atoms with E-state index < -0.39 is 0 Å². The van der Waals surface area contributed by atoms with Crippen LogP contribution in [-0.2, 0) is 4.79 Å². The second kappa shape index (κ2) is 9.04. The monoisotopic (exact) mass is 354 g/mol. The first-order valence-electron chi connectivity index (χ1n) is 8.76. The average Bonchev–Trinajstić information content (AvgIpc) is 2.61. The Bertz CT molecular complexity index is 771. The van der Waals surface area contributed by atoms with Gasteiger partial charge >= 0.3 is 0 Å². The Kier molecular flexibility index (Phi) is 6.78. The standard InChI is InChI=1S/C21H26N2O3/c1-15(2)12-13-26-20-11-6-5-10-19(20)21(25)22-17-8-7-9-18(14-17)23(4)16(3)24/h5-11,14-15H,12-13H2,1-4H3,(H,22,25). The average molecular weight is 354 g/mol. The van der Waals surface area contributed by atoms with Crippen LogP contribution in [0.15, 0.2) is 48.5 Å². The highest BCUT2D eigenvalue weighted by atomic mass is 16.5. The minimum Gasteiger partial charge on any atom is -0.493 e. The van der Waals surface area contributed by atoms with Crippen LogP contribution < -0.4 is 15.0 Å². The summed E-state index contributed by atoms with van der Waals surface area (Å²) in [6.07, 6.45) is 0.926. The van der Waals surface area contributed by atoms with Crippen LogP contribution >= 0.6 is 0 Å². The molecule has 0 fully saturated rings. The molecule has 5 nitrogen and oxygen atoms in total. The summed E-state index contributed by atoms with van der Waals surface area (Å²) < 4.78 is 5.79. The Balaban J connectivity index is 2.13. The molecule has 0 radical (unpaired) electrons. The van der Waals surface area contributed by atoms with Crippen LogP contribution in [0.1, 0.15) is 37.6 Å². The molecule has 26 heavy (non-hydrogen) atoms. The van der Waals surface area contributed by atoms with Gasteiger partial charge in [0.2, 0.25) is 5.91 Å². The number of carbonyl (C=O) groups excluding carboxylic acids is 2. The van der Waals surface area contributed by atoms with Crippen LogP contribution in [0.4, 0.5) is 11.4 Å². The zero-order chi connectivity index (χ0) is 19.1. The molecule has 0 saturated carbocycles. The molecule has 2 aromatic carbocycles. The van der Waals surface area contributed by atoms with Crippen molar-refractivity contribution < 1.29 is 14.3 Å². The van der Waals surface area contributed by atoms with Crippen molar-refractivity contribution in [1.29, 1.82) is 0 Å². The maximum Gasteiger partial charge on any atom is 0.259 e. The number of nitrogens with one attached hydrogen (secondary N) is 1. The summed E-state index contributed by atoms with van der Waals surface area (Å²) >= 11 is 0. The SMILES string of the molecule is CC(=O)N(C)c1cccc(NC(=O)c2ccccc2OCCC(C)C)c1. The van der Waals surface area contributed by atoms with E-state index >= 15 is 0 Å². The fourth-order valence-electron chi connectivity index (χ4n) is 2.36. The van der Waals surface area contributed by atoms with E-state index in [1.165, 1.54) is 11.8 Å². The fourth-order valence-corrected chi connectivity index (χ4v) is 2.36. The number of carbonyl (C=O) groups is 2. The fraction of sp³-hybridized carbons (Fsp3) is 0.333. The quantitative estimate of drug-likeness (QED) is 0.804. The number of amides is 2. The van der Waals surface area contributed by atoms with E-state index in [1.807, 2.05) is 18.2 Å². The molecule has 0 heterocycles. The van der Waals surface area contributed by atoms with Gasteiger partial charge in [0.1, 0.15) is 5.75 Å². The maximum absolute atomic E-state index is 12.7. The number of rotatable bonds is 7. The van der Waals surface area contributed by atoms with E-state index in [2.05, 4.69) is 19.2 Å². The third kappa shape index (κ3) is 5.34. The first-order valence-corrected chi connectivity index (χ1v) is 8.76. The molecule has 0 aromatic heterocycles. The Morgan fingerprint density at radius 3 is 2.54 bits per heavy atom. The predicted molar refractivity (Wildman–Crippen MR) is 105 cm³/mol. The van der Waals surface area contributed by atoms with Crippen molar-refractivity contribution in [3.05, 3.63) is 54.1 Å². The molecule has 0 saturated heterocycles. The third-order valence-corrected chi connectivity index (χ3v) is 4.05. The summed E-state index contributed by atoms with van der Waals surface area (Å²) in [4.78, 5) is 25.7. The zero-order valence-electron chi connectivity index (χ0n) is 15.8. The molecular formula is C21H26N2O3. The zero-order valence-corrected chi connectivity index (χ0v) is 15.8. The van der Waals surface area contributed by atoms with E-state index in [0.29, 0.717) is 29.5 Å². The Hall–Kier alpha value is -2.82. The molecular weight excluding hydrogens is 328 g/mol. The second-order valence-electron chi connectivity index (χ2n) is 6.61. The van der Waals surface area contributed by atoms with E-state index in [-0.39, 0.29) is 11.8 Å². The number of benzene rings is 2. The molecule has 0 aliphatic heterocycles. The molecule has 2 amide bonds. The maximum atomic E-state index is 12.7. The van der Waals surface area contributed by atoms with Crippen LogP contribution in [0.5, 0.6) is 5.75 Å². The first kappa shape index (κ1) is 19.5. The predicted octanol–water partition coefficient (Wildman–Crippen LogP) is 4.35. The van der Waals surface area contributed by atoms with E-state index in [0.717, 1.165) is 12.1 Å². The van der Waals surface area contributed by atoms with Gasteiger partial charge in [-0.15, -0.1) is 0 Å². The van der Waals surface area contributed by atoms with E-state index in [9.17, 15) is 9.59 Å². The van der Waals surface area contributed by atoms with Gasteiger partial charge in [0.15, 0.2) is 0 Å². The number of nitrogens with zero attached hydrogens (tertiary/aromatic N) is 1. The van der Waals surface area contributed by atoms with Crippen molar-refractivity contribution in [3.8, 4) is 5.75 Å². The summed E-state index contributed by atoms with van der Waals surface area (Å²) in [7, 11) is 1.70. The molecule has 0 aliphatic rings. The molecule has 0 spiro atoms. The minimum atomic E-state index is -0.243. The number of hydrogen-bond acceptors (Lipinski definition) is 3. The van der Waals surface area contributed by atoms with Gasteiger partial charge in [-0.05, 0) is 42.7 Å². The molecule has 0 unspecified atom stereocenters. The first-order chi connectivity index (χ1) is 12.4. The van der Waals surface area contributed by atoms with Crippen molar-refractivity contribution in [2.75, 3.05) is 23.9 Å². The number of hydrogen-bond donors (Lipinski definition) is 1. The minimum absolute atomic E-state index is 0.0719. The van der Waals surface area contributed by atoms with Gasteiger partial charge in [0.05, 0.1) is 12.2 Å². The van der Waals surface area contributed by atoms with Gasteiger partial charge in [-0.2, -0.15) is 0 Å². The third-order valence-electron chi connectivity index (χ3n) is 4.05. The van der Waals surface area contributed by atoms with Crippen molar-refractivity contribution in [3.63, 3.8) is 0 Å². The van der Waals surface area contributed by atoms with Gasteiger partial charge in [-0.25, -0.2) is 0 Å².